The van der Waals surface area contributed by atoms with Crippen molar-refractivity contribution in [1.82, 2.24) is 10.3 Å². The summed E-state index contributed by atoms with van der Waals surface area (Å²) in [5.74, 6) is -0.462. The number of hydrogen-bond donors (Lipinski definition) is 0. The van der Waals surface area contributed by atoms with E-state index in [1.165, 1.54) is 44.3 Å². The molecule has 114 valence electrons. The van der Waals surface area contributed by atoms with Gasteiger partial charge in [-0.1, -0.05) is 6.07 Å². The number of sulfonamides is 1. The average Bonchev–Trinajstić information content (AvgIpc) is 2.96. The van der Waals surface area contributed by atoms with Crippen LogP contribution in [0.2, 0.25) is 0 Å². The molecule has 0 aliphatic rings. The minimum absolute atomic E-state index is 0.0295. The molecule has 0 N–H and O–H groups in total. The van der Waals surface area contributed by atoms with Crippen LogP contribution in [0, 0.1) is 12.7 Å². The first-order valence-corrected chi connectivity index (χ1v) is 7.81. The van der Waals surface area contributed by atoms with Crippen molar-refractivity contribution in [1.29, 1.82) is 0 Å². The average molecular weight is 321 g/mol. The molecule has 0 unspecified atom stereocenters. The SMILES string of the molecule is Cc1c(F)cccc1N(C)S(=O)(=O)c1ccc2nonc2c1. The van der Waals surface area contributed by atoms with E-state index < -0.39 is 15.8 Å². The van der Waals surface area contributed by atoms with Gasteiger partial charge < -0.3 is 0 Å². The van der Waals surface area contributed by atoms with E-state index in [1.54, 1.807) is 6.07 Å². The summed E-state index contributed by atoms with van der Waals surface area (Å²) in [7, 11) is -2.47. The van der Waals surface area contributed by atoms with Crippen LogP contribution >= 0.6 is 0 Å². The monoisotopic (exact) mass is 321 g/mol. The maximum atomic E-state index is 13.6. The number of fused-ring (bicyclic) bond motifs is 1. The fourth-order valence-electron chi connectivity index (χ4n) is 2.15. The molecule has 0 fully saturated rings. The van der Waals surface area contributed by atoms with E-state index in [2.05, 4.69) is 14.9 Å². The number of halogens is 1. The zero-order valence-electron chi connectivity index (χ0n) is 11.8. The fourth-order valence-corrected chi connectivity index (χ4v) is 3.42. The Morgan fingerprint density at radius 3 is 2.64 bits per heavy atom. The largest absolute Gasteiger partial charge is 0.269 e. The van der Waals surface area contributed by atoms with Crippen molar-refractivity contribution in [3.05, 3.63) is 47.8 Å². The van der Waals surface area contributed by atoms with Crippen molar-refractivity contribution >= 4 is 26.7 Å². The first kappa shape index (κ1) is 14.5. The van der Waals surface area contributed by atoms with E-state index in [1.807, 2.05) is 0 Å². The minimum Gasteiger partial charge on any atom is -0.269 e. The summed E-state index contributed by atoms with van der Waals surface area (Å²) in [6.45, 7) is 1.53. The summed E-state index contributed by atoms with van der Waals surface area (Å²) in [6, 6.07) is 8.58. The summed E-state index contributed by atoms with van der Waals surface area (Å²) in [4.78, 5) is 0.0295. The van der Waals surface area contributed by atoms with Crippen molar-refractivity contribution in [2.45, 2.75) is 11.8 Å². The standard InChI is InChI=1S/C14H12FN3O3S/c1-9-11(15)4-3-5-14(9)18(2)22(19,20)10-6-7-12-13(8-10)17-21-16-12/h3-8H,1-2H3. The molecule has 22 heavy (non-hydrogen) atoms. The number of rotatable bonds is 3. The molecule has 0 aliphatic heterocycles. The highest BCUT2D eigenvalue weighted by Gasteiger charge is 2.24. The van der Waals surface area contributed by atoms with Crippen LogP contribution in [0.5, 0.6) is 0 Å². The van der Waals surface area contributed by atoms with Crippen molar-refractivity contribution < 1.29 is 17.4 Å². The number of benzene rings is 2. The predicted molar refractivity (Wildman–Crippen MR) is 78.5 cm³/mol. The molecule has 0 spiro atoms. The Hall–Kier alpha value is -2.48. The van der Waals surface area contributed by atoms with Crippen LogP contribution in [0.3, 0.4) is 0 Å². The van der Waals surface area contributed by atoms with Gasteiger partial charge in [-0.2, -0.15) is 0 Å². The van der Waals surface area contributed by atoms with Gasteiger partial charge in [-0.25, -0.2) is 17.4 Å². The third-order valence-electron chi connectivity index (χ3n) is 3.46. The molecule has 0 aliphatic carbocycles. The number of nitrogens with zero attached hydrogens (tertiary/aromatic N) is 3. The minimum atomic E-state index is -3.84. The number of hydrogen-bond acceptors (Lipinski definition) is 5. The highest BCUT2D eigenvalue weighted by molar-refractivity contribution is 7.92. The van der Waals surface area contributed by atoms with E-state index in [4.69, 9.17) is 0 Å². The second kappa shape index (κ2) is 5.06. The molecule has 8 heteroatoms. The summed E-state index contributed by atoms with van der Waals surface area (Å²) < 4.78 is 44.6. The lowest BCUT2D eigenvalue weighted by atomic mass is 10.2. The van der Waals surface area contributed by atoms with Crippen molar-refractivity contribution in [2.75, 3.05) is 11.4 Å². The Morgan fingerprint density at radius 1 is 1.14 bits per heavy atom. The van der Waals surface area contributed by atoms with E-state index in [9.17, 15) is 12.8 Å². The van der Waals surface area contributed by atoms with Crippen LogP contribution in [-0.2, 0) is 10.0 Å². The van der Waals surface area contributed by atoms with E-state index in [-0.39, 0.29) is 16.1 Å². The summed E-state index contributed by atoms with van der Waals surface area (Å²) in [5, 5.41) is 7.25. The Morgan fingerprint density at radius 2 is 1.86 bits per heavy atom. The molecule has 0 atom stereocenters. The molecule has 0 radical (unpaired) electrons. The lowest BCUT2D eigenvalue weighted by Crippen LogP contribution is -2.27. The van der Waals surface area contributed by atoms with Gasteiger partial charge >= 0.3 is 0 Å². The van der Waals surface area contributed by atoms with Crippen molar-refractivity contribution in [3.8, 4) is 0 Å². The van der Waals surface area contributed by atoms with Crippen LogP contribution < -0.4 is 4.31 Å². The van der Waals surface area contributed by atoms with E-state index in [0.29, 0.717) is 11.0 Å². The van der Waals surface area contributed by atoms with Gasteiger partial charge in [0.2, 0.25) is 0 Å². The zero-order valence-corrected chi connectivity index (χ0v) is 12.6. The normalized spacial score (nSPS) is 11.8. The number of aromatic nitrogens is 2. The maximum Gasteiger partial charge on any atom is 0.264 e. The molecule has 1 aromatic heterocycles. The maximum absolute atomic E-state index is 13.6. The molecule has 0 amide bonds. The van der Waals surface area contributed by atoms with Crippen molar-refractivity contribution in [2.24, 2.45) is 0 Å². The molecular weight excluding hydrogens is 309 g/mol. The molecule has 0 saturated heterocycles. The van der Waals surface area contributed by atoms with Crippen molar-refractivity contribution in [3.63, 3.8) is 0 Å². The van der Waals surface area contributed by atoms with Gasteiger partial charge in [-0.05, 0) is 47.6 Å². The van der Waals surface area contributed by atoms with Gasteiger partial charge in [0.15, 0.2) is 0 Å². The molecule has 0 saturated carbocycles. The first-order valence-electron chi connectivity index (χ1n) is 6.37. The van der Waals surface area contributed by atoms with Gasteiger partial charge in [0.1, 0.15) is 16.9 Å². The molecule has 1 heterocycles. The molecule has 0 bridgehead atoms. The van der Waals surface area contributed by atoms with Crippen LogP contribution in [0.4, 0.5) is 10.1 Å². The Labute approximate surface area is 126 Å². The fraction of sp³-hybridized carbons (Fsp3) is 0.143. The lowest BCUT2D eigenvalue weighted by Gasteiger charge is -2.21. The van der Waals surface area contributed by atoms with Crippen LogP contribution in [0.15, 0.2) is 45.9 Å². The second-order valence-electron chi connectivity index (χ2n) is 4.77. The van der Waals surface area contributed by atoms with Gasteiger partial charge in [0.25, 0.3) is 10.0 Å². The third-order valence-corrected chi connectivity index (χ3v) is 5.23. The summed E-state index contributed by atoms with van der Waals surface area (Å²) >= 11 is 0. The Bertz CT molecular complexity index is 953. The lowest BCUT2D eigenvalue weighted by molar-refractivity contribution is 0.315. The van der Waals surface area contributed by atoms with E-state index in [0.717, 1.165) is 4.31 Å². The molecule has 2 aromatic carbocycles. The summed E-state index contributed by atoms with van der Waals surface area (Å²) in [5.41, 5.74) is 1.34. The predicted octanol–water partition coefficient (Wildman–Crippen LogP) is 2.50. The molecule has 3 rings (SSSR count). The molecule has 6 nitrogen and oxygen atoms in total. The van der Waals surface area contributed by atoms with Gasteiger partial charge in [-0.15, -0.1) is 0 Å². The molecular formula is C14H12FN3O3S. The zero-order chi connectivity index (χ0) is 15.9. The van der Waals surface area contributed by atoms with Crippen LogP contribution in [0.25, 0.3) is 11.0 Å². The van der Waals surface area contributed by atoms with Gasteiger partial charge in [-0.3, -0.25) is 4.31 Å². The van der Waals surface area contributed by atoms with Gasteiger partial charge in [0.05, 0.1) is 10.6 Å². The number of anilines is 1. The van der Waals surface area contributed by atoms with Gasteiger partial charge in [0, 0.05) is 12.6 Å². The Balaban J connectivity index is 2.10. The smallest absolute Gasteiger partial charge is 0.264 e. The third kappa shape index (κ3) is 2.21. The Kier molecular flexibility index (Phi) is 3.32. The van der Waals surface area contributed by atoms with Crippen LogP contribution in [0.1, 0.15) is 5.56 Å². The molecule has 3 aromatic rings. The van der Waals surface area contributed by atoms with E-state index >= 15 is 0 Å². The highest BCUT2D eigenvalue weighted by Crippen LogP contribution is 2.27. The topological polar surface area (TPSA) is 76.3 Å². The second-order valence-corrected chi connectivity index (χ2v) is 6.74. The quantitative estimate of drug-likeness (QED) is 0.741. The highest BCUT2D eigenvalue weighted by atomic mass is 32.2. The summed E-state index contributed by atoms with van der Waals surface area (Å²) in [6.07, 6.45) is 0. The first-order chi connectivity index (χ1) is 10.4. The van der Waals surface area contributed by atoms with Crippen LogP contribution in [-0.4, -0.2) is 25.8 Å².